The van der Waals surface area contributed by atoms with E-state index in [4.69, 9.17) is 9.47 Å². The van der Waals surface area contributed by atoms with Gasteiger partial charge in [0.1, 0.15) is 12.4 Å². The fraction of sp³-hybridized carbons (Fsp3) is 0.643. The Labute approximate surface area is 110 Å². The molecule has 4 heteroatoms. The van der Waals surface area contributed by atoms with E-state index in [1.165, 1.54) is 0 Å². The third kappa shape index (κ3) is 6.57. The summed E-state index contributed by atoms with van der Waals surface area (Å²) in [7, 11) is 0. The van der Waals surface area contributed by atoms with E-state index >= 15 is 0 Å². The van der Waals surface area contributed by atoms with Gasteiger partial charge in [-0.05, 0) is 45.4 Å². The van der Waals surface area contributed by atoms with Crippen molar-refractivity contribution < 1.29 is 9.47 Å². The molecule has 0 aliphatic heterocycles. The van der Waals surface area contributed by atoms with Crippen LogP contribution in [0.4, 0.5) is 0 Å². The van der Waals surface area contributed by atoms with Crippen molar-refractivity contribution in [3.63, 3.8) is 0 Å². The predicted molar refractivity (Wildman–Crippen MR) is 73.1 cm³/mol. The van der Waals surface area contributed by atoms with Gasteiger partial charge in [-0.3, -0.25) is 4.98 Å². The number of nitrogens with zero attached hydrogens (tertiary/aromatic N) is 1. The molecule has 1 aromatic rings. The first-order chi connectivity index (χ1) is 8.84. The minimum absolute atomic E-state index is 0.679. The maximum atomic E-state index is 5.63. The summed E-state index contributed by atoms with van der Waals surface area (Å²) >= 11 is 0. The molecule has 0 saturated carbocycles. The van der Waals surface area contributed by atoms with Crippen LogP contribution in [0.1, 0.15) is 25.5 Å². The lowest BCUT2D eigenvalue weighted by Crippen LogP contribution is -2.22. The smallest absolute Gasteiger partial charge is 0.140 e. The lowest BCUT2D eigenvalue weighted by molar-refractivity contribution is 0.143. The van der Waals surface area contributed by atoms with Gasteiger partial charge >= 0.3 is 0 Å². The van der Waals surface area contributed by atoms with Gasteiger partial charge in [-0.1, -0.05) is 0 Å². The summed E-state index contributed by atoms with van der Waals surface area (Å²) in [5.41, 5.74) is 0.939. The third-order valence-electron chi connectivity index (χ3n) is 2.59. The Balaban J connectivity index is 1.94. The van der Waals surface area contributed by atoms with Crippen LogP contribution < -0.4 is 10.1 Å². The van der Waals surface area contributed by atoms with Crippen molar-refractivity contribution in [3.8, 4) is 5.75 Å². The normalized spacial score (nSPS) is 10.6. The molecule has 0 unspecified atom stereocenters. The molecule has 0 amide bonds. The average Bonchev–Trinajstić information content (AvgIpc) is 2.39. The molecule has 1 N–H and O–H groups in total. The zero-order chi connectivity index (χ0) is 13.1. The summed E-state index contributed by atoms with van der Waals surface area (Å²) in [5, 5.41) is 3.35. The van der Waals surface area contributed by atoms with E-state index in [1.807, 2.05) is 26.0 Å². The predicted octanol–water partition coefficient (Wildman–Crippen LogP) is 2.18. The Kier molecular flexibility index (Phi) is 8.17. The molecule has 102 valence electrons. The largest absolute Gasteiger partial charge is 0.490 e. The maximum Gasteiger partial charge on any atom is 0.140 e. The maximum absolute atomic E-state index is 5.63. The van der Waals surface area contributed by atoms with Gasteiger partial charge < -0.3 is 14.8 Å². The highest BCUT2D eigenvalue weighted by atomic mass is 16.5. The first kappa shape index (κ1) is 14.9. The van der Waals surface area contributed by atoms with E-state index in [-0.39, 0.29) is 0 Å². The molecule has 1 rings (SSSR count). The lowest BCUT2D eigenvalue weighted by atomic mass is 10.3. The van der Waals surface area contributed by atoms with Gasteiger partial charge in [0.25, 0.3) is 0 Å². The van der Waals surface area contributed by atoms with E-state index in [0.29, 0.717) is 6.61 Å². The van der Waals surface area contributed by atoms with Gasteiger partial charge in [0.2, 0.25) is 0 Å². The number of aromatic nitrogens is 1. The van der Waals surface area contributed by atoms with E-state index in [0.717, 1.165) is 50.6 Å². The number of hydrogen-bond acceptors (Lipinski definition) is 4. The lowest BCUT2D eigenvalue weighted by Gasteiger charge is -2.09. The number of rotatable bonds is 10. The average molecular weight is 252 g/mol. The molecular weight excluding hydrogens is 228 g/mol. The highest BCUT2D eigenvalue weighted by molar-refractivity contribution is 5.25. The molecule has 18 heavy (non-hydrogen) atoms. The third-order valence-corrected chi connectivity index (χ3v) is 2.59. The van der Waals surface area contributed by atoms with Gasteiger partial charge in [-0.2, -0.15) is 0 Å². The standard InChI is InChI=1S/C14H24N2O2/c1-3-17-11-5-4-8-15-10-12-18-14-7-6-9-16-13(14)2/h6-7,9,15H,3-5,8,10-12H2,1-2H3. The first-order valence-electron chi connectivity index (χ1n) is 6.67. The zero-order valence-electron chi connectivity index (χ0n) is 11.4. The monoisotopic (exact) mass is 252 g/mol. The van der Waals surface area contributed by atoms with Crippen molar-refractivity contribution >= 4 is 0 Å². The Hall–Kier alpha value is -1.13. The van der Waals surface area contributed by atoms with Gasteiger partial charge in [-0.25, -0.2) is 0 Å². The van der Waals surface area contributed by atoms with Crippen LogP contribution in [0.25, 0.3) is 0 Å². The molecule has 0 bridgehead atoms. The molecule has 1 aromatic heterocycles. The Morgan fingerprint density at radius 3 is 2.89 bits per heavy atom. The molecule has 0 atom stereocenters. The van der Waals surface area contributed by atoms with Gasteiger partial charge in [0, 0.05) is 26.0 Å². The van der Waals surface area contributed by atoms with Gasteiger partial charge in [0.15, 0.2) is 0 Å². The van der Waals surface area contributed by atoms with Crippen molar-refractivity contribution in [2.24, 2.45) is 0 Å². The highest BCUT2D eigenvalue weighted by Crippen LogP contribution is 2.12. The van der Waals surface area contributed by atoms with Crippen molar-refractivity contribution in [2.45, 2.75) is 26.7 Å². The summed E-state index contributed by atoms with van der Waals surface area (Å²) in [6, 6.07) is 3.84. The van der Waals surface area contributed by atoms with Crippen LogP contribution in [0.5, 0.6) is 5.75 Å². The molecule has 0 aliphatic carbocycles. The molecule has 0 saturated heterocycles. The van der Waals surface area contributed by atoms with Crippen molar-refractivity contribution in [2.75, 3.05) is 32.9 Å². The number of hydrogen-bond donors (Lipinski definition) is 1. The summed E-state index contributed by atoms with van der Waals surface area (Å²) in [6.45, 7) is 8.21. The number of pyridine rings is 1. The first-order valence-corrected chi connectivity index (χ1v) is 6.67. The number of unbranched alkanes of at least 4 members (excludes halogenated alkanes) is 1. The van der Waals surface area contributed by atoms with Crippen LogP contribution in [0.2, 0.25) is 0 Å². The van der Waals surface area contributed by atoms with E-state index in [9.17, 15) is 0 Å². The van der Waals surface area contributed by atoms with Crippen LogP contribution >= 0.6 is 0 Å². The number of aryl methyl sites for hydroxylation is 1. The minimum atomic E-state index is 0.679. The summed E-state index contributed by atoms with van der Waals surface area (Å²) in [6.07, 6.45) is 4.04. The summed E-state index contributed by atoms with van der Waals surface area (Å²) < 4.78 is 10.9. The fourth-order valence-corrected chi connectivity index (χ4v) is 1.58. The molecular formula is C14H24N2O2. The number of ether oxygens (including phenoxy) is 2. The SMILES string of the molecule is CCOCCCCNCCOc1cccnc1C. The van der Waals surface area contributed by atoms with Crippen LogP contribution in [0.3, 0.4) is 0 Å². The quantitative estimate of drug-likeness (QED) is 0.648. The minimum Gasteiger partial charge on any atom is -0.490 e. The molecule has 0 aromatic carbocycles. The zero-order valence-corrected chi connectivity index (χ0v) is 11.4. The van der Waals surface area contributed by atoms with Gasteiger partial charge in [-0.15, -0.1) is 0 Å². The van der Waals surface area contributed by atoms with Gasteiger partial charge in [0.05, 0.1) is 5.69 Å². The molecule has 0 radical (unpaired) electrons. The summed E-state index contributed by atoms with van der Waals surface area (Å²) in [4.78, 5) is 4.18. The number of nitrogens with one attached hydrogen (secondary N) is 1. The van der Waals surface area contributed by atoms with E-state index < -0.39 is 0 Å². The van der Waals surface area contributed by atoms with Crippen molar-refractivity contribution in [1.82, 2.24) is 10.3 Å². The van der Waals surface area contributed by atoms with Crippen LogP contribution in [-0.4, -0.2) is 37.9 Å². The molecule has 0 fully saturated rings. The van der Waals surface area contributed by atoms with Crippen molar-refractivity contribution in [3.05, 3.63) is 24.0 Å². The van der Waals surface area contributed by atoms with Crippen LogP contribution in [-0.2, 0) is 4.74 Å². The highest BCUT2D eigenvalue weighted by Gasteiger charge is 1.97. The second kappa shape index (κ2) is 9.85. The second-order valence-electron chi connectivity index (χ2n) is 4.09. The van der Waals surface area contributed by atoms with Crippen LogP contribution in [0, 0.1) is 6.92 Å². The molecule has 1 heterocycles. The van der Waals surface area contributed by atoms with E-state index in [1.54, 1.807) is 6.20 Å². The summed E-state index contributed by atoms with van der Waals surface area (Å²) in [5.74, 6) is 0.871. The molecule has 0 spiro atoms. The fourth-order valence-electron chi connectivity index (χ4n) is 1.58. The second-order valence-corrected chi connectivity index (χ2v) is 4.09. The Morgan fingerprint density at radius 2 is 2.11 bits per heavy atom. The molecule has 4 nitrogen and oxygen atoms in total. The van der Waals surface area contributed by atoms with E-state index in [2.05, 4.69) is 10.3 Å². The Morgan fingerprint density at radius 1 is 1.22 bits per heavy atom. The van der Waals surface area contributed by atoms with Crippen LogP contribution in [0.15, 0.2) is 18.3 Å². The Bertz CT molecular complexity index is 318. The molecule has 0 aliphatic rings. The topological polar surface area (TPSA) is 43.4 Å². The van der Waals surface area contributed by atoms with Crippen molar-refractivity contribution in [1.29, 1.82) is 0 Å².